The minimum absolute atomic E-state index is 0.0999. The molecule has 1 atom stereocenters. The molecule has 0 aromatic heterocycles. The molecule has 6 heteroatoms. The van der Waals surface area contributed by atoms with E-state index < -0.39 is 0 Å². The van der Waals surface area contributed by atoms with E-state index in [1.54, 1.807) is 6.07 Å². The van der Waals surface area contributed by atoms with Crippen LogP contribution in [0.15, 0.2) is 23.4 Å². The van der Waals surface area contributed by atoms with Crippen molar-refractivity contribution < 1.29 is 5.21 Å². The van der Waals surface area contributed by atoms with Gasteiger partial charge in [-0.25, -0.2) is 0 Å². The molecule has 0 aliphatic heterocycles. The zero-order chi connectivity index (χ0) is 15.3. The highest BCUT2D eigenvalue weighted by molar-refractivity contribution is 6.35. The highest BCUT2D eigenvalue weighted by Crippen LogP contribution is 2.26. The molecule has 4 nitrogen and oxygen atoms in total. The summed E-state index contributed by atoms with van der Waals surface area (Å²) in [5, 5.41) is 16.4. The van der Waals surface area contributed by atoms with E-state index in [0.29, 0.717) is 10.0 Å². The highest BCUT2D eigenvalue weighted by Gasteiger charge is 2.23. The molecule has 0 spiro atoms. The number of nitrogens with zero attached hydrogens (tertiary/aromatic N) is 1. The molecular weight excluding hydrogens is 297 g/mol. The first-order valence-electron chi connectivity index (χ1n) is 6.44. The van der Waals surface area contributed by atoms with Gasteiger partial charge < -0.3 is 16.3 Å². The number of rotatable bonds is 6. The van der Waals surface area contributed by atoms with Crippen LogP contribution in [0, 0.1) is 5.41 Å². The Bertz CT molecular complexity index is 489. The fourth-order valence-electron chi connectivity index (χ4n) is 1.83. The van der Waals surface area contributed by atoms with E-state index >= 15 is 0 Å². The Morgan fingerprint density at radius 2 is 2.10 bits per heavy atom. The van der Waals surface area contributed by atoms with Crippen LogP contribution in [0.5, 0.6) is 0 Å². The Labute approximate surface area is 129 Å². The lowest BCUT2D eigenvalue weighted by atomic mass is 9.88. The van der Waals surface area contributed by atoms with Crippen molar-refractivity contribution in [3.8, 4) is 0 Å². The highest BCUT2D eigenvalue weighted by atomic mass is 35.5. The molecular formula is C14H21Cl2N3O. The summed E-state index contributed by atoms with van der Waals surface area (Å²) in [5.74, 6) is 0.233. The van der Waals surface area contributed by atoms with Gasteiger partial charge >= 0.3 is 0 Å². The van der Waals surface area contributed by atoms with Gasteiger partial charge in [-0.05, 0) is 37.6 Å². The molecule has 20 heavy (non-hydrogen) atoms. The van der Waals surface area contributed by atoms with Gasteiger partial charge in [0.2, 0.25) is 0 Å². The smallest absolute Gasteiger partial charge is 0.144 e. The number of hydrogen-bond donors (Lipinski definition) is 3. The van der Waals surface area contributed by atoms with Crippen LogP contribution >= 0.6 is 23.2 Å². The Kier molecular flexibility index (Phi) is 6.11. The maximum Gasteiger partial charge on any atom is 0.144 e. The van der Waals surface area contributed by atoms with Gasteiger partial charge in [0, 0.05) is 21.5 Å². The second-order valence-corrected chi connectivity index (χ2v) is 6.30. The Morgan fingerprint density at radius 3 is 2.65 bits per heavy atom. The predicted molar refractivity (Wildman–Crippen MR) is 84.7 cm³/mol. The van der Waals surface area contributed by atoms with Gasteiger partial charge in [-0.3, -0.25) is 0 Å². The summed E-state index contributed by atoms with van der Waals surface area (Å²) in [6.07, 6.45) is 0.748. The van der Waals surface area contributed by atoms with Gasteiger partial charge in [-0.1, -0.05) is 48.3 Å². The van der Waals surface area contributed by atoms with Crippen molar-refractivity contribution in [1.82, 2.24) is 5.32 Å². The lowest BCUT2D eigenvalue weighted by Crippen LogP contribution is -2.35. The summed E-state index contributed by atoms with van der Waals surface area (Å²) in [6.45, 7) is 6.63. The molecule has 1 aromatic carbocycles. The Balaban J connectivity index is 2.58. The van der Waals surface area contributed by atoms with Crippen LogP contribution in [0.3, 0.4) is 0 Å². The van der Waals surface area contributed by atoms with Gasteiger partial charge in [0.05, 0.1) is 0 Å². The molecule has 0 aliphatic rings. The maximum atomic E-state index is 8.73. The SMILES string of the molecule is CC(NCCC(C)(C)C(N)=NO)c1ccc(Cl)cc1Cl. The van der Waals surface area contributed by atoms with Gasteiger partial charge in [0.25, 0.3) is 0 Å². The van der Waals surface area contributed by atoms with E-state index in [9.17, 15) is 0 Å². The Hall–Kier alpha value is -0.970. The lowest BCUT2D eigenvalue weighted by Gasteiger charge is -2.24. The Morgan fingerprint density at radius 1 is 1.45 bits per heavy atom. The standard InChI is InChI=1S/C14H21Cl2N3O/c1-9(11-5-4-10(15)8-12(11)16)18-7-6-14(2,3)13(17)19-20/h4-5,8-9,18,20H,6-7H2,1-3H3,(H2,17,19). The number of halogens is 2. The average Bonchev–Trinajstić information content (AvgIpc) is 2.37. The number of amidine groups is 1. The molecule has 0 heterocycles. The van der Waals surface area contributed by atoms with Gasteiger partial charge in [-0.2, -0.15) is 0 Å². The monoisotopic (exact) mass is 317 g/mol. The summed E-state index contributed by atoms with van der Waals surface area (Å²) in [7, 11) is 0. The predicted octanol–water partition coefficient (Wildman–Crippen LogP) is 3.81. The molecule has 0 fully saturated rings. The van der Waals surface area contributed by atoms with Gasteiger partial charge in [-0.15, -0.1) is 0 Å². The molecule has 0 aliphatic carbocycles. The summed E-state index contributed by atoms with van der Waals surface area (Å²) in [5.41, 5.74) is 6.30. The van der Waals surface area contributed by atoms with Crippen molar-refractivity contribution in [3.05, 3.63) is 33.8 Å². The third-order valence-electron chi connectivity index (χ3n) is 3.43. The number of nitrogens with two attached hydrogens (primary N) is 1. The van der Waals surface area contributed by atoms with Crippen molar-refractivity contribution in [2.45, 2.75) is 33.2 Å². The van der Waals surface area contributed by atoms with Crippen LogP contribution in [-0.2, 0) is 0 Å². The van der Waals surface area contributed by atoms with E-state index in [2.05, 4.69) is 10.5 Å². The zero-order valence-electron chi connectivity index (χ0n) is 12.0. The van der Waals surface area contributed by atoms with Crippen molar-refractivity contribution >= 4 is 29.0 Å². The summed E-state index contributed by atoms with van der Waals surface area (Å²) in [4.78, 5) is 0. The second kappa shape index (κ2) is 7.16. The first-order valence-corrected chi connectivity index (χ1v) is 7.20. The van der Waals surface area contributed by atoms with E-state index in [0.717, 1.165) is 18.5 Å². The minimum atomic E-state index is -0.356. The van der Waals surface area contributed by atoms with Gasteiger partial charge in [0.1, 0.15) is 5.84 Å². The second-order valence-electron chi connectivity index (χ2n) is 5.46. The minimum Gasteiger partial charge on any atom is -0.409 e. The molecule has 1 unspecified atom stereocenters. The first kappa shape index (κ1) is 17.1. The molecule has 0 bridgehead atoms. The molecule has 0 saturated heterocycles. The molecule has 0 radical (unpaired) electrons. The van der Waals surface area contributed by atoms with Gasteiger partial charge in [0.15, 0.2) is 0 Å². The van der Waals surface area contributed by atoms with Crippen molar-refractivity contribution in [1.29, 1.82) is 0 Å². The molecule has 4 N–H and O–H groups in total. The van der Waals surface area contributed by atoms with Crippen LogP contribution in [-0.4, -0.2) is 17.6 Å². The summed E-state index contributed by atoms with van der Waals surface area (Å²) >= 11 is 12.1. The molecule has 1 aromatic rings. The third kappa shape index (κ3) is 4.54. The zero-order valence-corrected chi connectivity index (χ0v) is 13.5. The van der Waals surface area contributed by atoms with Crippen LogP contribution in [0.1, 0.15) is 38.8 Å². The fraction of sp³-hybridized carbons (Fsp3) is 0.500. The number of oxime groups is 1. The molecule has 1 rings (SSSR count). The average molecular weight is 318 g/mol. The molecule has 0 saturated carbocycles. The maximum absolute atomic E-state index is 8.73. The van der Waals surface area contributed by atoms with Crippen molar-refractivity contribution in [2.24, 2.45) is 16.3 Å². The molecule has 0 amide bonds. The van der Waals surface area contributed by atoms with E-state index in [-0.39, 0.29) is 17.3 Å². The quantitative estimate of drug-likeness (QED) is 0.323. The van der Waals surface area contributed by atoms with Crippen LogP contribution in [0.25, 0.3) is 0 Å². The van der Waals surface area contributed by atoms with E-state index in [4.69, 9.17) is 34.1 Å². The third-order valence-corrected chi connectivity index (χ3v) is 3.99. The van der Waals surface area contributed by atoms with Crippen molar-refractivity contribution in [3.63, 3.8) is 0 Å². The van der Waals surface area contributed by atoms with Crippen LogP contribution in [0.2, 0.25) is 10.0 Å². The number of benzene rings is 1. The first-order chi connectivity index (χ1) is 9.27. The summed E-state index contributed by atoms with van der Waals surface area (Å²) < 4.78 is 0. The topological polar surface area (TPSA) is 70.6 Å². The lowest BCUT2D eigenvalue weighted by molar-refractivity contribution is 0.304. The van der Waals surface area contributed by atoms with Crippen molar-refractivity contribution in [2.75, 3.05) is 6.54 Å². The number of nitrogens with one attached hydrogen (secondary N) is 1. The van der Waals surface area contributed by atoms with Crippen LogP contribution in [0.4, 0.5) is 0 Å². The molecule has 112 valence electrons. The number of hydrogen-bond acceptors (Lipinski definition) is 3. The van der Waals surface area contributed by atoms with E-state index in [1.807, 2.05) is 32.9 Å². The van der Waals surface area contributed by atoms with E-state index in [1.165, 1.54) is 0 Å². The normalized spacial score (nSPS) is 14.3. The largest absolute Gasteiger partial charge is 0.409 e. The fourth-order valence-corrected chi connectivity index (χ4v) is 2.40. The van der Waals surface area contributed by atoms with Crippen LogP contribution < -0.4 is 11.1 Å². The summed E-state index contributed by atoms with van der Waals surface area (Å²) in [6, 6.07) is 5.57.